The van der Waals surface area contributed by atoms with Gasteiger partial charge in [0.1, 0.15) is 6.04 Å². The highest BCUT2D eigenvalue weighted by atomic mass is 16.5. The van der Waals surface area contributed by atoms with E-state index in [1.54, 1.807) is 26.0 Å². The Balaban J connectivity index is 2.16. The van der Waals surface area contributed by atoms with E-state index in [1.807, 2.05) is 69.3 Å². The predicted octanol–water partition coefficient (Wildman–Crippen LogP) is 3.97. The van der Waals surface area contributed by atoms with Crippen LogP contribution in [0.3, 0.4) is 0 Å². The van der Waals surface area contributed by atoms with E-state index in [1.165, 1.54) is 0 Å². The van der Waals surface area contributed by atoms with E-state index in [0.29, 0.717) is 24.5 Å². The topological polar surface area (TPSA) is 67.9 Å². The molecule has 0 bridgehead atoms. The Kier molecular flexibility index (Phi) is 8.48. The van der Waals surface area contributed by atoms with Gasteiger partial charge in [0.05, 0.1) is 14.2 Å². The first-order chi connectivity index (χ1) is 14.6. The molecule has 1 N–H and O–H groups in total. The van der Waals surface area contributed by atoms with Crippen LogP contribution in [0.2, 0.25) is 0 Å². The zero-order valence-corrected chi connectivity index (χ0v) is 19.4. The molecule has 0 aliphatic carbocycles. The summed E-state index contributed by atoms with van der Waals surface area (Å²) in [7, 11) is 3.18. The van der Waals surface area contributed by atoms with Crippen LogP contribution in [-0.4, -0.2) is 42.5 Å². The second-order valence-electron chi connectivity index (χ2n) is 8.61. The number of rotatable bonds is 9. The Morgan fingerprint density at radius 3 is 2.19 bits per heavy atom. The number of ether oxygens (including phenoxy) is 2. The lowest BCUT2D eigenvalue weighted by molar-refractivity contribution is -0.141. The first-order valence-corrected chi connectivity index (χ1v) is 10.5. The van der Waals surface area contributed by atoms with E-state index in [-0.39, 0.29) is 23.8 Å². The molecule has 1 atom stereocenters. The van der Waals surface area contributed by atoms with Crippen LogP contribution in [0.4, 0.5) is 0 Å². The van der Waals surface area contributed by atoms with E-state index in [4.69, 9.17) is 9.47 Å². The minimum Gasteiger partial charge on any atom is -0.493 e. The average molecular weight is 427 g/mol. The molecule has 0 aliphatic rings. The monoisotopic (exact) mass is 426 g/mol. The van der Waals surface area contributed by atoms with E-state index in [9.17, 15) is 9.59 Å². The highest BCUT2D eigenvalue weighted by molar-refractivity contribution is 5.87. The van der Waals surface area contributed by atoms with Gasteiger partial charge in [-0.15, -0.1) is 0 Å². The fourth-order valence-electron chi connectivity index (χ4n) is 3.27. The van der Waals surface area contributed by atoms with E-state index in [2.05, 4.69) is 5.32 Å². The van der Waals surface area contributed by atoms with Gasteiger partial charge in [-0.3, -0.25) is 9.59 Å². The lowest BCUT2D eigenvalue weighted by atomic mass is 10.1. The van der Waals surface area contributed by atoms with Crippen molar-refractivity contribution in [3.05, 3.63) is 59.7 Å². The van der Waals surface area contributed by atoms with Crippen molar-refractivity contribution >= 4 is 11.8 Å². The maximum Gasteiger partial charge on any atom is 0.242 e. The molecule has 6 heteroatoms. The summed E-state index contributed by atoms with van der Waals surface area (Å²) < 4.78 is 10.6. The van der Waals surface area contributed by atoms with Gasteiger partial charge in [-0.05, 0) is 57.4 Å². The van der Waals surface area contributed by atoms with Gasteiger partial charge < -0.3 is 19.7 Å². The van der Waals surface area contributed by atoms with Crippen molar-refractivity contribution in [3.63, 3.8) is 0 Å². The van der Waals surface area contributed by atoms with Crippen molar-refractivity contribution in [1.29, 1.82) is 0 Å². The molecule has 2 amide bonds. The summed E-state index contributed by atoms with van der Waals surface area (Å²) in [5.74, 6) is 1.04. The molecule has 0 heterocycles. The third-order valence-corrected chi connectivity index (χ3v) is 4.94. The Bertz CT molecular complexity index is 875. The Morgan fingerprint density at radius 2 is 1.61 bits per heavy atom. The van der Waals surface area contributed by atoms with Crippen LogP contribution >= 0.6 is 0 Å². The van der Waals surface area contributed by atoms with Gasteiger partial charge in [-0.2, -0.15) is 0 Å². The maximum absolute atomic E-state index is 13.2. The molecule has 2 aromatic rings. The second kappa shape index (κ2) is 10.8. The number of amides is 2. The van der Waals surface area contributed by atoms with Crippen LogP contribution in [-0.2, 0) is 22.6 Å². The van der Waals surface area contributed by atoms with Crippen LogP contribution in [0.25, 0.3) is 0 Å². The Hall–Kier alpha value is -3.02. The van der Waals surface area contributed by atoms with Crippen LogP contribution in [0.1, 0.15) is 45.2 Å². The number of carbonyl (C=O) groups is 2. The molecule has 1 unspecified atom stereocenters. The normalized spacial score (nSPS) is 12.1. The molecule has 0 saturated heterocycles. The van der Waals surface area contributed by atoms with Crippen molar-refractivity contribution in [2.24, 2.45) is 0 Å². The Morgan fingerprint density at radius 1 is 0.968 bits per heavy atom. The van der Waals surface area contributed by atoms with E-state index < -0.39 is 6.04 Å². The minimum atomic E-state index is -0.586. The molecular weight excluding hydrogens is 392 g/mol. The Labute approximate surface area is 185 Å². The highest BCUT2D eigenvalue weighted by Gasteiger charge is 2.28. The number of hydrogen-bond donors (Lipinski definition) is 1. The van der Waals surface area contributed by atoms with Gasteiger partial charge in [0, 0.05) is 18.5 Å². The van der Waals surface area contributed by atoms with Crippen LogP contribution in [0, 0.1) is 0 Å². The number of methoxy groups -OCH3 is 2. The molecule has 0 fully saturated rings. The maximum atomic E-state index is 13.2. The molecule has 168 valence electrons. The standard InChI is InChI=1S/C25H34N2O4/c1-18(24(29)26-25(2,3)4)27(17-20-10-8-7-9-11-20)23(28)15-13-19-12-14-21(30-5)22(16-19)31-6/h7-12,14,16,18H,13,15,17H2,1-6H3,(H,26,29). The largest absolute Gasteiger partial charge is 0.493 e. The number of nitrogens with one attached hydrogen (secondary N) is 1. The fourth-order valence-corrected chi connectivity index (χ4v) is 3.27. The molecule has 0 spiro atoms. The molecule has 2 aromatic carbocycles. The summed E-state index contributed by atoms with van der Waals surface area (Å²) >= 11 is 0. The second-order valence-corrected chi connectivity index (χ2v) is 8.61. The first kappa shape index (κ1) is 24.3. The number of hydrogen-bond acceptors (Lipinski definition) is 4. The predicted molar refractivity (Wildman–Crippen MR) is 122 cm³/mol. The van der Waals surface area contributed by atoms with Crippen molar-refractivity contribution in [2.45, 2.75) is 58.7 Å². The zero-order valence-electron chi connectivity index (χ0n) is 19.4. The third kappa shape index (κ3) is 7.31. The van der Waals surface area contributed by atoms with Gasteiger partial charge in [-0.25, -0.2) is 0 Å². The molecule has 0 aromatic heterocycles. The lowest BCUT2D eigenvalue weighted by Crippen LogP contribution is -2.52. The van der Waals surface area contributed by atoms with E-state index >= 15 is 0 Å². The summed E-state index contributed by atoms with van der Waals surface area (Å²) in [6.45, 7) is 7.94. The molecule has 0 aliphatic heterocycles. The van der Waals surface area contributed by atoms with Gasteiger partial charge >= 0.3 is 0 Å². The number of aryl methyl sites for hydroxylation is 1. The zero-order chi connectivity index (χ0) is 23.0. The first-order valence-electron chi connectivity index (χ1n) is 10.5. The quantitative estimate of drug-likeness (QED) is 0.659. The van der Waals surface area contributed by atoms with Crippen LogP contribution in [0.15, 0.2) is 48.5 Å². The van der Waals surface area contributed by atoms with Crippen molar-refractivity contribution in [2.75, 3.05) is 14.2 Å². The van der Waals surface area contributed by atoms with Gasteiger partial charge in [0.25, 0.3) is 0 Å². The summed E-state index contributed by atoms with van der Waals surface area (Å²) in [6, 6.07) is 14.8. The van der Waals surface area contributed by atoms with Gasteiger partial charge in [0.2, 0.25) is 11.8 Å². The molecule has 31 heavy (non-hydrogen) atoms. The molecule has 0 radical (unpaired) electrons. The third-order valence-electron chi connectivity index (χ3n) is 4.94. The lowest BCUT2D eigenvalue weighted by Gasteiger charge is -2.31. The van der Waals surface area contributed by atoms with Crippen LogP contribution in [0.5, 0.6) is 11.5 Å². The summed E-state index contributed by atoms with van der Waals surface area (Å²) in [6.07, 6.45) is 0.827. The fraction of sp³-hybridized carbons (Fsp3) is 0.440. The molecule has 2 rings (SSSR count). The summed E-state index contributed by atoms with van der Waals surface area (Å²) in [5, 5.41) is 2.98. The molecule has 6 nitrogen and oxygen atoms in total. The minimum absolute atomic E-state index is 0.0739. The van der Waals surface area contributed by atoms with Gasteiger partial charge in [0.15, 0.2) is 11.5 Å². The summed E-state index contributed by atoms with van der Waals surface area (Å²) in [4.78, 5) is 27.6. The smallest absolute Gasteiger partial charge is 0.242 e. The van der Waals surface area contributed by atoms with Crippen molar-refractivity contribution in [3.8, 4) is 11.5 Å². The number of nitrogens with zero attached hydrogens (tertiary/aromatic N) is 1. The highest BCUT2D eigenvalue weighted by Crippen LogP contribution is 2.28. The molecule has 0 saturated carbocycles. The SMILES string of the molecule is COc1ccc(CCC(=O)N(Cc2ccccc2)C(C)C(=O)NC(C)(C)C)cc1OC. The molecular formula is C25H34N2O4. The van der Waals surface area contributed by atoms with Gasteiger partial charge in [-0.1, -0.05) is 36.4 Å². The number of benzene rings is 2. The average Bonchev–Trinajstić information content (AvgIpc) is 2.74. The van der Waals surface area contributed by atoms with Crippen molar-refractivity contribution in [1.82, 2.24) is 10.2 Å². The van der Waals surface area contributed by atoms with Crippen LogP contribution < -0.4 is 14.8 Å². The number of carbonyl (C=O) groups excluding carboxylic acids is 2. The van der Waals surface area contributed by atoms with E-state index in [0.717, 1.165) is 11.1 Å². The summed E-state index contributed by atoms with van der Waals surface area (Å²) in [5.41, 5.74) is 1.58. The van der Waals surface area contributed by atoms with Crippen molar-refractivity contribution < 1.29 is 19.1 Å².